The lowest BCUT2D eigenvalue weighted by Gasteiger charge is -2.27. The second-order valence-electron chi connectivity index (χ2n) is 13.7. The van der Waals surface area contributed by atoms with Crippen molar-refractivity contribution in [2.24, 2.45) is 29.1 Å². The van der Waals surface area contributed by atoms with Crippen LogP contribution in [0.1, 0.15) is 113 Å². The fourth-order valence-corrected chi connectivity index (χ4v) is 5.73. The molecule has 0 saturated heterocycles. The quantitative estimate of drug-likeness (QED) is 0.0722. The van der Waals surface area contributed by atoms with E-state index in [1.54, 1.807) is 26.8 Å². The Bertz CT molecular complexity index is 1130. The number of allylic oxidation sites excluding steroid dienone is 1. The SMILES string of the molecule is CCC(C)(/C=C/C(=O)O)CCC[C@H](C)C[C@@H](C)CC[C@H](O)[C@H](C)C(=O)C[C@@H](O)[C@H](C)[C@@H](C)OC(=O)C[C@@H](O)C1=C(C)C(=O)OC1=O. The van der Waals surface area contributed by atoms with E-state index in [1.807, 2.05) is 0 Å². The van der Waals surface area contributed by atoms with Crippen LogP contribution in [0.2, 0.25) is 0 Å². The Kier molecular flexibility index (Phi) is 17.0. The molecule has 11 nitrogen and oxygen atoms in total. The van der Waals surface area contributed by atoms with Gasteiger partial charge in [-0.05, 0) is 63.2 Å². The van der Waals surface area contributed by atoms with Gasteiger partial charge in [-0.2, -0.15) is 0 Å². The third-order valence-corrected chi connectivity index (χ3v) is 9.61. The lowest BCUT2D eigenvalue weighted by molar-refractivity contribution is -0.154. The van der Waals surface area contributed by atoms with Crippen LogP contribution in [0.3, 0.4) is 0 Å². The molecule has 1 rings (SSSR count). The minimum absolute atomic E-state index is 0.0723. The standard InChI is InChI=1S/C35H56O11/c1-9-35(8,16-14-30(40)41)15-10-11-20(2)17-21(3)12-13-26(36)23(5)28(38)18-27(37)22(4)25(7)45-31(42)19-29(39)32-24(6)33(43)46-34(32)44/h14,16,20-23,25-27,29,36-37,39H,9-13,15,17-19H2,1-8H3,(H,40,41)/b16-14+/t20-,21-,22+,23-,25+,26-,27+,29+,35?/m0/s1. The normalized spacial score (nSPS) is 20.3. The average molecular weight is 653 g/mol. The maximum Gasteiger partial charge on any atom is 0.345 e. The summed E-state index contributed by atoms with van der Waals surface area (Å²) in [5.74, 6) is -4.48. The van der Waals surface area contributed by atoms with Gasteiger partial charge in [-0.3, -0.25) is 9.59 Å². The first-order valence-electron chi connectivity index (χ1n) is 16.5. The third kappa shape index (κ3) is 13.5. The summed E-state index contributed by atoms with van der Waals surface area (Å²) in [7, 11) is 0. The van der Waals surface area contributed by atoms with Crippen molar-refractivity contribution in [3.05, 3.63) is 23.3 Å². The van der Waals surface area contributed by atoms with E-state index in [0.717, 1.165) is 38.5 Å². The second kappa shape index (κ2) is 19.1. The topological polar surface area (TPSA) is 185 Å². The summed E-state index contributed by atoms with van der Waals surface area (Å²) in [5, 5.41) is 40.6. The van der Waals surface area contributed by atoms with Crippen molar-refractivity contribution >= 4 is 29.7 Å². The number of carbonyl (C=O) groups excluding carboxylic acids is 4. The highest BCUT2D eigenvalue weighted by Crippen LogP contribution is 2.32. The molecule has 0 aromatic rings. The summed E-state index contributed by atoms with van der Waals surface area (Å²) in [6.07, 6.45) is 3.77. The van der Waals surface area contributed by atoms with Gasteiger partial charge in [-0.1, -0.05) is 60.5 Å². The highest BCUT2D eigenvalue weighted by Gasteiger charge is 2.36. The Balaban J connectivity index is 2.47. The van der Waals surface area contributed by atoms with Crippen molar-refractivity contribution < 1.29 is 53.9 Å². The smallest absolute Gasteiger partial charge is 0.345 e. The molecule has 0 aromatic carbocycles. The summed E-state index contributed by atoms with van der Waals surface area (Å²) in [5.41, 5.74) is -0.497. The van der Waals surface area contributed by atoms with Gasteiger partial charge in [-0.15, -0.1) is 0 Å². The zero-order valence-corrected chi connectivity index (χ0v) is 28.8. The van der Waals surface area contributed by atoms with Gasteiger partial charge in [-0.25, -0.2) is 14.4 Å². The molecule has 4 N–H and O–H groups in total. The van der Waals surface area contributed by atoms with E-state index in [2.05, 4.69) is 32.4 Å². The number of hydrogen-bond acceptors (Lipinski definition) is 10. The Morgan fingerprint density at radius 3 is 2.07 bits per heavy atom. The molecule has 0 aliphatic carbocycles. The van der Waals surface area contributed by atoms with Crippen molar-refractivity contribution in [3.8, 4) is 0 Å². The van der Waals surface area contributed by atoms with Gasteiger partial charge in [0.05, 0.1) is 30.3 Å². The lowest BCUT2D eigenvalue weighted by Crippen LogP contribution is -2.36. The number of ketones is 1. The molecule has 1 aliphatic rings. The number of cyclic esters (lactones) is 2. The zero-order valence-electron chi connectivity index (χ0n) is 28.8. The number of rotatable bonds is 22. The molecule has 0 bridgehead atoms. The maximum atomic E-state index is 12.9. The number of aliphatic hydroxyl groups excluding tert-OH is 3. The first kappa shape index (κ1) is 41.1. The number of ether oxygens (including phenoxy) is 2. The first-order valence-corrected chi connectivity index (χ1v) is 16.5. The summed E-state index contributed by atoms with van der Waals surface area (Å²) >= 11 is 0. The Labute approximate surface area is 273 Å². The number of aliphatic carboxylic acids is 1. The van der Waals surface area contributed by atoms with Gasteiger partial charge in [0, 0.05) is 29.9 Å². The van der Waals surface area contributed by atoms with E-state index in [0.29, 0.717) is 18.3 Å². The average Bonchev–Trinajstić information content (AvgIpc) is 3.23. The minimum Gasteiger partial charge on any atom is -0.478 e. The molecule has 262 valence electrons. The van der Waals surface area contributed by atoms with E-state index in [-0.39, 0.29) is 28.8 Å². The number of carbonyl (C=O) groups is 5. The molecular formula is C35H56O11. The number of carboxylic acid groups (broad SMARTS) is 1. The summed E-state index contributed by atoms with van der Waals surface area (Å²) in [6, 6.07) is 0. The van der Waals surface area contributed by atoms with Crippen molar-refractivity contribution in [2.45, 2.75) is 138 Å². The lowest BCUT2D eigenvalue weighted by atomic mass is 9.80. The van der Waals surface area contributed by atoms with Crippen LogP contribution in [-0.2, 0) is 33.4 Å². The van der Waals surface area contributed by atoms with E-state index in [4.69, 9.17) is 9.84 Å². The second-order valence-corrected chi connectivity index (χ2v) is 13.7. The van der Waals surface area contributed by atoms with Crippen LogP contribution in [0.4, 0.5) is 0 Å². The summed E-state index contributed by atoms with van der Waals surface area (Å²) in [4.78, 5) is 59.4. The molecule has 0 aromatic heterocycles. The molecular weight excluding hydrogens is 596 g/mol. The minimum atomic E-state index is -1.58. The summed E-state index contributed by atoms with van der Waals surface area (Å²) in [6.45, 7) is 14.6. The molecule has 11 heteroatoms. The Hall–Kier alpha value is -2.89. The fourth-order valence-electron chi connectivity index (χ4n) is 5.73. The molecule has 1 aliphatic heterocycles. The molecule has 0 spiro atoms. The van der Waals surface area contributed by atoms with Gasteiger partial charge >= 0.3 is 23.9 Å². The van der Waals surface area contributed by atoms with Gasteiger partial charge in [0.2, 0.25) is 0 Å². The highest BCUT2D eigenvalue weighted by atomic mass is 16.6. The predicted octanol–water partition coefficient (Wildman–Crippen LogP) is 4.69. The van der Waals surface area contributed by atoms with Gasteiger partial charge in [0.1, 0.15) is 11.9 Å². The molecule has 1 unspecified atom stereocenters. The van der Waals surface area contributed by atoms with Crippen LogP contribution in [0.5, 0.6) is 0 Å². The first-order chi connectivity index (χ1) is 21.3. The molecule has 46 heavy (non-hydrogen) atoms. The molecule has 0 radical (unpaired) electrons. The van der Waals surface area contributed by atoms with E-state index in [9.17, 15) is 39.3 Å². The summed E-state index contributed by atoms with van der Waals surface area (Å²) < 4.78 is 9.74. The van der Waals surface area contributed by atoms with E-state index >= 15 is 0 Å². The molecule has 0 fully saturated rings. The van der Waals surface area contributed by atoms with E-state index < -0.39 is 66.5 Å². The van der Waals surface area contributed by atoms with Crippen LogP contribution in [0.15, 0.2) is 23.3 Å². The largest absolute Gasteiger partial charge is 0.478 e. The van der Waals surface area contributed by atoms with Crippen LogP contribution < -0.4 is 0 Å². The maximum absolute atomic E-state index is 12.9. The molecule has 9 atom stereocenters. The van der Waals surface area contributed by atoms with Gasteiger partial charge < -0.3 is 29.9 Å². The van der Waals surface area contributed by atoms with Crippen molar-refractivity contribution in [2.75, 3.05) is 0 Å². The number of carboxylic acids is 1. The number of aliphatic hydroxyl groups is 3. The van der Waals surface area contributed by atoms with Crippen LogP contribution in [0.25, 0.3) is 0 Å². The Morgan fingerprint density at radius 1 is 0.913 bits per heavy atom. The zero-order chi connectivity index (χ0) is 35.4. The van der Waals surface area contributed by atoms with E-state index in [1.165, 1.54) is 13.0 Å². The predicted molar refractivity (Wildman–Crippen MR) is 171 cm³/mol. The highest BCUT2D eigenvalue weighted by molar-refractivity contribution is 6.12. The number of Topliss-reactive ketones (excluding diaryl/α,β-unsaturated/α-hetero) is 1. The number of hydrogen-bond donors (Lipinski definition) is 4. The van der Waals surface area contributed by atoms with Crippen LogP contribution >= 0.6 is 0 Å². The fraction of sp³-hybridized carbons (Fsp3) is 0.743. The van der Waals surface area contributed by atoms with Gasteiger partial charge in [0.25, 0.3) is 0 Å². The van der Waals surface area contributed by atoms with Crippen molar-refractivity contribution in [1.29, 1.82) is 0 Å². The molecule has 0 saturated carbocycles. The molecule has 0 amide bonds. The van der Waals surface area contributed by atoms with Crippen molar-refractivity contribution in [3.63, 3.8) is 0 Å². The number of esters is 3. The van der Waals surface area contributed by atoms with Crippen molar-refractivity contribution in [1.82, 2.24) is 0 Å². The Morgan fingerprint density at radius 2 is 1.52 bits per heavy atom. The van der Waals surface area contributed by atoms with Crippen LogP contribution in [0, 0.1) is 29.1 Å². The van der Waals surface area contributed by atoms with Crippen LogP contribution in [-0.4, -0.2) is 74.5 Å². The molecule has 1 heterocycles. The van der Waals surface area contributed by atoms with Gasteiger partial charge in [0.15, 0.2) is 0 Å². The third-order valence-electron chi connectivity index (χ3n) is 9.61. The monoisotopic (exact) mass is 652 g/mol.